The number of nitrogens with zero attached hydrogens (tertiary/aromatic N) is 1. The van der Waals surface area contributed by atoms with E-state index in [1.54, 1.807) is 6.92 Å². The third kappa shape index (κ3) is 2.25. The normalized spacial score (nSPS) is 27.5. The predicted octanol–water partition coefficient (Wildman–Crippen LogP) is 0.552. The molecule has 1 aliphatic rings. The topological polar surface area (TPSA) is 60.8 Å². The summed E-state index contributed by atoms with van der Waals surface area (Å²) in [4.78, 5) is 12.9. The Morgan fingerprint density at radius 1 is 1.57 bits per heavy atom. The molecule has 0 radical (unpaired) electrons. The monoisotopic (exact) mass is 201 g/mol. The first-order valence-corrected chi connectivity index (χ1v) is 5.17. The number of rotatable bonds is 4. The SMILES string of the molecule is CC(C(=O)O)C(C)N1CCC[C@@H]1CO. The molecule has 0 aliphatic carbocycles. The zero-order valence-corrected chi connectivity index (χ0v) is 8.81. The number of likely N-dealkylation sites (tertiary alicyclic amines) is 1. The van der Waals surface area contributed by atoms with Gasteiger partial charge >= 0.3 is 5.97 Å². The lowest BCUT2D eigenvalue weighted by atomic mass is 10.0. The van der Waals surface area contributed by atoms with Crippen molar-refractivity contribution in [1.82, 2.24) is 4.90 Å². The molecular formula is C10H19NO3. The first-order chi connectivity index (χ1) is 6.57. The van der Waals surface area contributed by atoms with E-state index in [1.807, 2.05) is 6.92 Å². The molecule has 14 heavy (non-hydrogen) atoms. The summed E-state index contributed by atoms with van der Waals surface area (Å²) in [5.41, 5.74) is 0. The molecule has 1 saturated heterocycles. The first kappa shape index (κ1) is 11.5. The summed E-state index contributed by atoms with van der Waals surface area (Å²) in [6.45, 7) is 4.69. The van der Waals surface area contributed by atoms with E-state index in [2.05, 4.69) is 4.90 Å². The van der Waals surface area contributed by atoms with Gasteiger partial charge < -0.3 is 10.2 Å². The molecule has 0 aromatic carbocycles. The van der Waals surface area contributed by atoms with E-state index in [1.165, 1.54) is 0 Å². The molecule has 2 unspecified atom stereocenters. The maximum atomic E-state index is 10.8. The van der Waals surface area contributed by atoms with Crippen molar-refractivity contribution >= 4 is 5.97 Å². The molecule has 4 heteroatoms. The summed E-state index contributed by atoms with van der Waals surface area (Å²) < 4.78 is 0. The Labute approximate surface area is 84.5 Å². The van der Waals surface area contributed by atoms with Crippen LogP contribution in [0.1, 0.15) is 26.7 Å². The molecule has 1 fully saturated rings. The first-order valence-electron chi connectivity index (χ1n) is 5.17. The van der Waals surface area contributed by atoms with E-state index < -0.39 is 5.97 Å². The summed E-state index contributed by atoms with van der Waals surface area (Å²) >= 11 is 0. The van der Waals surface area contributed by atoms with Gasteiger partial charge in [-0.1, -0.05) is 6.92 Å². The van der Waals surface area contributed by atoms with Crippen LogP contribution in [0.2, 0.25) is 0 Å². The van der Waals surface area contributed by atoms with Gasteiger partial charge in [-0.3, -0.25) is 9.69 Å². The fraction of sp³-hybridized carbons (Fsp3) is 0.900. The third-order valence-electron chi connectivity index (χ3n) is 3.27. The Bertz CT molecular complexity index is 208. The van der Waals surface area contributed by atoms with Crippen LogP contribution in [0.25, 0.3) is 0 Å². The molecule has 4 nitrogen and oxygen atoms in total. The van der Waals surface area contributed by atoms with Gasteiger partial charge in [0.1, 0.15) is 0 Å². The summed E-state index contributed by atoms with van der Waals surface area (Å²) in [5, 5.41) is 18.0. The van der Waals surface area contributed by atoms with Crippen LogP contribution < -0.4 is 0 Å². The summed E-state index contributed by atoms with van der Waals surface area (Å²) in [7, 11) is 0. The number of hydrogen-bond donors (Lipinski definition) is 2. The van der Waals surface area contributed by atoms with E-state index in [0.29, 0.717) is 0 Å². The van der Waals surface area contributed by atoms with E-state index in [4.69, 9.17) is 10.2 Å². The quantitative estimate of drug-likeness (QED) is 0.697. The zero-order chi connectivity index (χ0) is 10.7. The number of carboxylic acids is 1. The number of carbonyl (C=O) groups is 1. The Balaban J connectivity index is 2.58. The average molecular weight is 201 g/mol. The second-order valence-electron chi connectivity index (χ2n) is 4.08. The second-order valence-corrected chi connectivity index (χ2v) is 4.08. The van der Waals surface area contributed by atoms with E-state index in [-0.39, 0.29) is 24.6 Å². The minimum atomic E-state index is -0.763. The van der Waals surface area contributed by atoms with Gasteiger partial charge in [-0.2, -0.15) is 0 Å². The maximum absolute atomic E-state index is 10.8. The van der Waals surface area contributed by atoms with Crippen molar-refractivity contribution in [3.8, 4) is 0 Å². The Hall–Kier alpha value is -0.610. The average Bonchev–Trinajstić information content (AvgIpc) is 2.62. The fourth-order valence-electron chi connectivity index (χ4n) is 2.08. The molecule has 0 saturated carbocycles. The largest absolute Gasteiger partial charge is 0.481 e. The van der Waals surface area contributed by atoms with Crippen molar-refractivity contribution < 1.29 is 15.0 Å². The highest BCUT2D eigenvalue weighted by molar-refractivity contribution is 5.70. The van der Waals surface area contributed by atoms with Crippen molar-refractivity contribution in [3.63, 3.8) is 0 Å². The number of aliphatic hydroxyl groups is 1. The van der Waals surface area contributed by atoms with Gasteiger partial charge in [0.25, 0.3) is 0 Å². The maximum Gasteiger partial charge on any atom is 0.307 e. The third-order valence-corrected chi connectivity index (χ3v) is 3.27. The molecule has 1 rings (SSSR count). The second kappa shape index (κ2) is 4.75. The van der Waals surface area contributed by atoms with E-state index in [0.717, 1.165) is 19.4 Å². The highest BCUT2D eigenvalue weighted by Gasteiger charge is 2.32. The molecule has 3 atom stereocenters. The summed E-state index contributed by atoms with van der Waals surface area (Å²) in [6, 6.07) is 0.166. The Morgan fingerprint density at radius 2 is 2.21 bits per heavy atom. The fourth-order valence-corrected chi connectivity index (χ4v) is 2.08. The molecule has 0 bridgehead atoms. The van der Waals surface area contributed by atoms with Gasteiger partial charge in [0.2, 0.25) is 0 Å². The minimum absolute atomic E-state index is 0.00662. The number of aliphatic hydroxyl groups excluding tert-OH is 1. The number of aliphatic carboxylic acids is 1. The molecule has 0 spiro atoms. The minimum Gasteiger partial charge on any atom is -0.481 e. The van der Waals surface area contributed by atoms with Gasteiger partial charge in [-0.15, -0.1) is 0 Å². The van der Waals surface area contributed by atoms with Crippen molar-refractivity contribution in [2.24, 2.45) is 5.92 Å². The lowest BCUT2D eigenvalue weighted by Gasteiger charge is -2.31. The standard InChI is InChI=1S/C10H19NO3/c1-7(10(13)14)8(2)11-5-3-4-9(11)6-12/h7-9,12H,3-6H2,1-2H3,(H,13,14)/t7?,8?,9-/m1/s1. The van der Waals surface area contributed by atoms with Crippen molar-refractivity contribution in [2.45, 2.75) is 38.8 Å². The van der Waals surface area contributed by atoms with E-state index in [9.17, 15) is 4.79 Å². The lowest BCUT2D eigenvalue weighted by Crippen LogP contribution is -2.44. The van der Waals surface area contributed by atoms with Crippen LogP contribution >= 0.6 is 0 Å². The van der Waals surface area contributed by atoms with Crippen LogP contribution in [-0.2, 0) is 4.79 Å². The predicted molar refractivity (Wildman–Crippen MR) is 53.1 cm³/mol. The van der Waals surface area contributed by atoms with Crippen LogP contribution in [0, 0.1) is 5.92 Å². The van der Waals surface area contributed by atoms with Gasteiger partial charge in [0, 0.05) is 12.1 Å². The molecule has 82 valence electrons. The van der Waals surface area contributed by atoms with Gasteiger partial charge in [-0.25, -0.2) is 0 Å². The molecule has 0 amide bonds. The van der Waals surface area contributed by atoms with Crippen LogP contribution in [0.15, 0.2) is 0 Å². The summed E-state index contributed by atoms with van der Waals surface area (Å²) in [5.74, 6) is -1.14. The van der Waals surface area contributed by atoms with Crippen LogP contribution in [0.3, 0.4) is 0 Å². The van der Waals surface area contributed by atoms with Gasteiger partial charge in [-0.05, 0) is 26.3 Å². The molecular weight excluding hydrogens is 182 g/mol. The highest BCUT2D eigenvalue weighted by atomic mass is 16.4. The zero-order valence-electron chi connectivity index (χ0n) is 8.81. The van der Waals surface area contributed by atoms with Crippen LogP contribution in [0.5, 0.6) is 0 Å². The number of carboxylic acid groups (broad SMARTS) is 1. The van der Waals surface area contributed by atoms with Crippen LogP contribution in [0.4, 0.5) is 0 Å². The van der Waals surface area contributed by atoms with Crippen molar-refractivity contribution in [3.05, 3.63) is 0 Å². The Kier molecular flexibility index (Phi) is 3.89. The van der Waals surface area contributed by atoms with Gasteiger partial charge in [0.05, 0.1) is 12.5 Å². The van der Waals surface area contributed by atoms with E-state index >= 15 is 0 Å². The molecule has 0 aromatic heterocycles. The molecule has 1 heterocycles. The number of hydrogen-bond acceptors (Lipinski definition) is 3. The smallest absolute Gasteiger partial charge is 0.307 e. The van der Waals surface area contributed by atoms with Gasteiger partial charge in [0.15, 0.2) is 0 Å². The van der Waals surface area contributed by atoms with Crippen LogP contribution in [-0.4, -0.2) is 46.3 Å². The lowest BCUT2D eigenvalue weighted by molar-refractivity contribution is -0.143. The van der Waals surface area contributed by atoms with Crippen molar-refractivity contribution in [2.75, 3.05) is 13.2 Å². The molecule has 1 aliphatic heterocycles. The molecule has 2 N–H and O–H groups in total. The van der Waals surface area contributed by atoms with Crippen molar-refractivity contribution in [1.29, 1.82) is 0 Å². The molecule has 0 aromatic rings. The summed E-state index contributed by atoms with van der Waals surface area (Å²) in [6.07, 6.45) is 2.04. The Morgan fingerprint density at radius 3 is 2.71 bits per heavy atom. The highest BCUT2D eigenvalue weighted by Crippen LogP contribution is 2.23.